The molecule has 1 N–H and O–H groups in total. The largest absolute Gasteiger partial charge is 0.481 e. The monoisotopic (exact) mass is 249 g/mol. The maximum Gasteiger partial charge on any atom is 0.218 e. The quantitative estimate of drug-likeness (QED) is 0.840. The molecule has 0 aliphatic heterocycles. The molecule has 0 spiro atoms. The van der Waals surface area contributed by atoms with Gasteiger partial charge in [0, 0.05) is 19.6 Å². The van der Waals surface area contributed by atoms with E-state index in [-0.39, 0.29) is 0 Å². The van der Waals surface area contributed by atoms with Crippen molar-refractivity contribution in [1.82, 2.24) is 15.1 Å². The number of hydrogen-bond donors (Lipinski definition) is 1. The van der Waals surface area contributed by atoms with E-state index >= 15 is 0 Å². The minimum Gasteiger partial charge on any atom is -0.481 e. The molecule has 1 aromatic rings. The highest BCUT2D eigenvalue weighted by Crippen LogP contribution is 2.25. The van der Waals surface area contributed by atoms with Gasteiger partial charge in [-0.2, -0.15) is 5.10 Å². The van der Waals surface area contributed by atoms with Crippen LogP contribution >= 0.6 is 0 Å². The van der Waals surface area contributed by atoms with E-state index in [1.54, 1.807) is 11.8 Å². The predicted octanol–water partition coefficient (Wildman–Crippen LogP) is 2.28. The Morgan fingerprint density at radius 1 is 1.56 bits per heavy atom. The molecule has 1 aromatic heterocycles. The lowest BCUT2D eigenvalue weighted by Crippen LogP contribution is -2.18. The standard InChI is InChI=1S/C14H23N3O/c1-5-11(9-15-12-6-7-12)8-13-10(2)16-17(3)14(13)18-4/h8,12,15H,5-7,9H2,1-4H3. The van der Waals surface area contributed by atoms with E-state index in [0.717, 1.165) is 36.1 Å². The van der Waals surface area contributed by atoms with Gasteiger partial charge in [0.25, 0.3) is 0 Å². The Bertz CT molecular complexity index is 444. The molecule has 1 aliphatic carbocycles. The summed E-state index contributed by atoms with van der Waals surface area (Å²) in [5.74, 6) is 0.838. The highest BCUT2D eigenvalue weighted by Gasteiger charge is 2.20. The van der Waals surface area contributed by atoms with Crippen LogP contribution in [-0.2, 0) is 7.05 Å². The first-order valence-electron chi connectivity index (χ1n) is 6.66. The van der Waals surface area contributed by atoms with Crippen molar-refractivity contribution in [3.05, 3.63) is 16.8 Å². The number of aryl methyl sites for hydroxylation is 2. The Kier molecular flexibility index (Phi) is 4.07. The molecule has 4 nitrogen and oxygen atoms in total. The Hall–Kier alpha value is -1.29. The van der Waals surface area contributed by atoms with Gasteiger partial charge in [-0.25, -0.2) is 4.68 Å². The summed E-state index contributed by atoms with van der Waals surface area (Å²) >= 11 is 0. The van der Waals surface area contributed by atoms with Gasteiger partial charge in [0.2, 0.25) is 5.88 Å². The summed E-state index contributed by atoms with van der Waals surface area (Å²) in [4.78, 5) is 0. The van der Waals surface area contributed by atoms with Crippen LogP contribution in [0.5, 0.6) is 5.88 Å². The van der Waals surface area contributed by atoms with Crippen LogP contribution in [0.25, 0.3) is 6.08 Å². The maximum absolute atomic E-state index is 5.42. The van der Waals surface area contributed by atoms with E-state index in [1.165, 1.54) is 18.4 Å². The molecule has 1 fully saturated rings. The van der Waals surface area contributed by atoms with E-state index in [4.69, 9.17) is 4.74 Å². The molecule has 18 heavy (non-hydrogen) atoms. The molecule has 0 unspecified atom stereocenters. The average Bonchev–Trinajstić information content (AvgIpc) is 3.12. The van der Waals surface area contributed by atoms with Gasteiger partial charge in [0.05, 0.1) is 18.4 Å². The molecule has 1 saturated carbocycles. The molecule has 1 aliphatic rings. The van der Waals surface area contributed by atoms with E-state index in [0.29, 0.717) is 0 Å². The van der Waals surface area contributed by atoms with E-state index in [1.807, 2.05) is 14.0 Å². The molecule has 100 valence electrons. The van der Waals surface area contributed by atoms with Crippen LogP contribution in [0.15, 0.2) is 5.57 Å². The number of rotatable bonds is 6. The van der Waals surface area contributed by atoms with E-state index in [2.05, 4.69) is 23.4 Å². The molecular weight excluding hydrogens is 226 g/mol. The Morgan fingerprint density at radius 2 is 2.28 bits per heavy atom. The topological polar surface area (TPSA) is 39.1 Å². The molecule has 0 aromatic carbocycles. The second-order valence-corrected chi connectivity index (χ2v) is 4.94. The third-order valence-corrected chi connectivity index (χ3v) is 3.41. The zero-order valence-electron chi connectivity index (χ0n) is 11.8. The highest BCUT2D eigenvalue weighted by atomic mass is 16.5. The zero-order valence-corrected chi connectivity index (χ0v) is 11.8. The fourth-order valence-electron chi connectivity index (χ4n) is 2.11. The molecule has 0 saturated heterocycles. The SMILES string of the molecule is CCC(=Cc1c(C)nn(C)c1OC)CNC1CC1. The van der Waals surface area contributed by atoms with Crippen molar-refractivity contribution < 1.29 is 4.74 Å². The number of ether oxygens (including phenoxy) is 1. The third-order valence-electron chi connectivity index (χ3n) is 3.41. The minimum atomic E-state index is 0.747. The van der Waals surface area contributed by atoms with Gasteiger partial charge in [0.15, 0.2) is 0 Å². The Morgan fingerprint density at radius 3 is 2.83 bits per heavy atom. The molecule has 0 amide bonds. The molecule has 1 heterocycles. The van der Waals surface area contributed by atoms with Gasteiger partial charge < -0.3 is 10.1 Å². The van der Waals surface area contributed by atoms with Crippen molar-refractivity contribution >= 4 is 6.08 Å². The van der Waals surface area contributed by atoms with Crippen molar-refractivity contribution in [2.45, 2.75) is 39.2 Å². The van der Waals surface area contributed by atoms with Gasteiger partial charge in [0.1, 0.15) is 0 Å². The first-order chi connectivity index (χ1) is 8.65. The molecule has 0 atom stereocenters. The number of nitrogens with one attached hydrogen (secondary N) is 1. The van der Waals surface area contributed by atoms with Crippen LogP contribution in [-0.4, -0.2) is 29.5 Å². The Balaban J connectivity index is 2.17. The number of aromatic nitrogens is 2. The van der Waals surface area contributed by atoms with Crippen LogP contribution in [0.3, 0.4) is 0 Å². The molecule has 0 radical (unpaired) electrons. The predicted molar refractivity (Wildman–Crippen MR) is 73.8 cm³/mol. The lowest BCUT2D eigenvalue weighted by Gasteiger charge is -2.07. The van der Waals surface area contributed by atoms with Gasteiger partial charge in [-0.3, -0.25) is 0 Å². The summed E-state index contributed by atoms with van der Waals surface area (Å²) in [5, 5.41) is 7.96. The molecule has 4 heteroatoms. The number of hydrogen-bond acceptors (Lipinski definition) is 3. The van der Waals surface area contributed by atoms with Crippen LogP contribution in [0.4, 0.5) is 0 Å². The van der Waals surface area contributed by atoms with Crippen LogP contribution < -0.4 is 10.1 Å². The lowest BCUT2D eigenvalue weighted by atomic mass is 10.1. The number of nitrogens with zero attached hydrogens (tertiary/aromatic N) is 2. The van der Waals surface area contributed by atoms with Gasteiger partial charge in [-0.1, -0.05) is 12.5 Å². The molecule has 2 rings (SSSR count). The summed E-state index contributed by atoms with van der Waals surface area (Å²) in [6, 6.07) is 0.747. The summed E-state index contributed by atoms with van der Waals surface area (Å²) in [6.45, 7) is 5.19. The second kappa shape index (κ2) is 5.57. The normalized spacial score (nSPS) is 16.1. The second-order valence-electron chi connectivity index (χ2n) is 4.94. The van der Waals surface area contributed by atoms with Crippen LogP contribution in [0.2, 0.25) is 0 Å². The van der Waals surface area contributed by atoms with Gasteiger partial charge in [-0.05, 0) is 32.3 Å². The third kappa shape index (κ3) is 2.93. The first-order valence-corrected chi connectivity index (χ1v) is 6.66. The van der Waals surface area contributed by atoms with Gasteiger partial charge in [-0.15, -0.1) is 0 Å². The summed E-state index contributed by atoms with van der Waals surface area (Å²) < 4.78 is 7.21. The van der Waals surface area contributed by atoms with Crippen molar-refractivity contribution in [1.29, 1.82) is 0 Å². The Labute approximate surface area is 109 Å². The van der Waals surface area contributed by atoms with Gasteiger partial charge >= 0.3 is 0 Å². The summed E-state index contributed by atoms with van der Waals surface area (Å²) in [6.07, 6.45) is 5.92. The van der Waals surface area contributed by atoms with Crippen molar-refractivity contribution in [3.8, 4) is 5.88 Å². The van der Waals surface area contributed by atoms with Crippen molar-refractivity contribution in [2.75, 3.05) is 13.7 Å². The summed E-state index contributed by atoms with van der Waals surface area (Å²) in [7, 11) is 3.61. The summed E-state index contributed by atoms with van der Waals surface area (Å²) in [5.41, 5.74) is 3.53. The maximum atomic E-state index is 5.42. The number of methoxy groups -OCH3 is 1. The van der Waals surface area contributed by atoms with Crippen LogP contribution in [0.1, 0.15) is 37.4 Å². The lowest BCUT2D eigenvalue weighted by molar-refractivity contribution is 0.372. The first kappa shape index (κ1) is 13.1. The van der Waals surface area contributed by atoms with Crippen LogP contribution in [0, 0.1) is 6.92 Å². The minimum absolute atomic E-state index is 0.747. The van der Waals surface area contributed by atoms with Crippen molar-refractivity contribution in [3.63, 3.8) is 0 Å². The van der Waals surface area contributed by atoms with Crippen molar-refractivity contribution in [2.24, 2.45) is 7.05 Å². The highest BCUT2D eigenvalue weighted by molar-refractivity contribution is 5.60. The fraction of sp³-hybridized carbons (Fsp3) is 0.643. The smallest absolute Gasteiger partial charge is 0.218 e. The van der Waals surface area contributed by atoms with E-state index in [9.17, 15) is 0 Å². The molecular formula is C14H23N3O. The van der Waals surface area contributed by atoms with E-state index < -0.39 is 0 Å². The molecule has 0 bridgehead atoms. The fourth-order valence-corrected chi connectivity index (χ4v) is 2.11. The average molecular weight is 249 g/mol. The zero-order chi connectivity index (χ0) is 13.1.